The number of amides is 1. The maximum absolute atomic E-state index is 12.1. The van der Waals surface area contributed by atoms with Crippen LogP contribution in [0.2, 0.25) is 5.02 Å². The largest absolute Gasteiger partial charge is 0.492 e. The van der Waals surface area contributed by atoms with Crippen molar-refractivity contribution >= 4 is 29.3 Å². The topological polar surface area (TPSA) is 69.0 Å². The van der Waals surface area contributed by atoms with Crippen LogP contribution in [0.5, 0.6) is 5.75 Å². The molecule has 3 rings (SSSR count). The third-order valence-electron chi connectivity index (χ3n) is 3.99. The molecule has 0 radical (unpaired) electrons. The SMILES string of the molecule is CCc1ccccc1-n1cnnc1SCC(=O)NCCOc1ccc(Cl)cc1. The zero-order valence-electron chi connectivity index (χ0n) is 15.5. The van der Waals surface area contributed by atoms with E-state index in [-0.39, 0.29) is 11.7 Å². The molecule has 0 aliphatic rings. The smallest absolute Gasteiger partial charge is 0.230 e. The summed E-state index contributed by atoms with van der Waals surface area (Å²) in [6.07, 6.45) is 2.58. The van der Waals surface area contributed by atoms with E-state index in [2.05, 4.69) is 28.5 Å². The van der Waals surface area contributed by atoms with Gasteiger partial charge in [-0.15, -0.1) is 10.2 Å². The highest BCUT2D eigenvalue weighted by Crippen LogP contribution is 2.22. The molecule has 1 heterocycles. The summed E-state index contributed by atoms with van der Waals surface area (Å²) in [4.78, 5) is 12.1. The van der Waals surface area contributed by atoms with E-state index in [1.165, 1.54) is 17.3 Å². The number of para-hydroxylation sites is 1. The van der Waals surface area contributed by atoms with Crippen molar-refractivity contribution in [3.8, 4) is 11.4 Å². The molecule has 2 aromatic carbocycles. The molecule has 0 atom stereocenters. The predicted molar refractivity (Wildman–Crippen MR) is 111 cm³/mol. The molecule has 1 aromatic heterocycles. The monoisotopic (exact) mass is 416 g/mol. The lowest BCUT2D eigenvalue weighted by Gasteiger charge is -2.11. The van der Waals surface area contributed by atoms with Crippen molar-refractivity contribution in [2.75, 3.05) is 18.9 Å². The first-order valence-electron chi connectivity index (χ1n) is 8.93. The number of rotatable bonds is 9. The lowest BCUT2D eigenvalue weighted by Crippen LogP contribution is -2.29. The van der Waals surface area contributed by atoms with Gasteiger partial charge < -0.3 is 10.1 Å². The molecule has 6 nitrogen and oxygen atoms in total. The van der Waals surface area contributed by atoms with Gasteiger partial charge in [-0.05, 0) is 42.3 Å². The molecule has 3 aromatic rings. The highest BCUT2D eigenvalue weighted by atomic mass is 35.5. The Kier molecular flexibility index (Phi) is 7.33. The normalized spacial score (nSPS) is 10.6. The Hall–Kier alpha value is -2.51. The number of ether oxygens (including phenoxy) is 1. The van der Waals surface area contributed by atoms with E-state index in [9.17, 15) is 4.79 Å². The maximum Gasteiger partial charge on any atom is 0.230 e. The molecule has 0 fully saturated rings. The van der Waals surface area contributed by atoms with Crippen LogP contribution in [0.3, 0.4) is 0 Å². The lowest BCUT2D eigenvalue weighted by molar-refractivity contribution is -0.118. The number of hydrogen-bond acceptors (Lipinski definition) is 5. The van der Waals surface area contributed by atoms with E-state index in [4.69, 9.17) is 16.3 Å². The van der Waals surface area contributed by atoms with Crippen molar-refractivity contribution in [3.05, 3.63) is 65.4 Å². The highest BCUT2D eigenvalue weighted by Gasteiger charge is 2.12. The van der Waals surface area contributed by atoms with Crippen molar-refractivity contribution in [1.29, 1.82) is 0 Å². The van der Waals surface area contributed by atoms with Gasteiger partial charge >= 0.3 is 0 Å². The van der Waals surface area contributed by atoms with E-state index in [1.54, 1.807) is 30.6 Å². The molecule has 1 amide bonds. The minimum absolute atomic E-state index is 0.0805. The second-order valence-corrected chi connectivity index (χ2v) is 7.29. The molecule has 8 heteroatoms. The van der Waals surface area contributed by atoms with Crippen molar-refractivity contribution in [3.63, 3.8) is 0 Å². The van der Waals surface area contributed by atoms with Gasteiger partial charge in [0.15, 0.2) is 5.16 Å². The highest BCUT2D eigenvalue weighted by molar-refractivity contribution is 7.99. The number of benzene rings is 2. The Morgan fingerprint density at radius 1 is 1.21 bits per heavy atom. The van der Waals surface area contributed by atoms with Crippen LogP contribution >= 0.6 is 23.4 Å². The van der Waals surface area contributed by atoms with Crippen LogP contribution in [-0.2, 0) is 11.2 Å². The van der Waals surface area contributed by atoms with Crippen molar-refractivity contribution in [1.82, 2.24) is 20.1 Å². The van der Waals surface area contributed by atoms with Gasteiger partial charge in [-0.2, -0.15) is 0 Å². The van der Waals surface area contributed by atoms with Gasteiger partial charge in [-0.3, -0.25) is 9.36 Å². The first-order valence-corrected chi connectivity index (χ1v) is 10.3. The fourth-order valence-electron chi connectivity index (χ4n) is 2.60. The molecule has 1 N–H and O–H groups in total. The number of carbonyl (C=O) groups excluding carboxylic acids is 1. The van der Waals surface area contributed by atoms with Gasteiger partial charge in [0.1, 0.15) is 18.7 Å². The molecule has 0 spiro atoms. The Balaban J connectivity index is 1.46. The second kappa shape index (κ2) is 10.1. The van der Waals surface area contributed by atoms with E-state index >= 15 is 0 Å². The summed E-state index contributed by atoms with van der Waals surface area (Å²) in [5.74, 6) is 0.896. The number of thioether (sulfide) groups is 1. The molecule has 146 valence electrons. The maximum atomic E-state index is 12.1. The Morgan fingerprint density at radius 2 is 2.00 bits per heavy atom. The fourth-order valence-corrected chi connectivity index (χ4v) is 3.48. The van der Waals surface area contributed by atoms with E-state index in [0.29, 0.717) is 23.3 Å². The number of nitrogens with one attached hydrogen (secondary N) is 1. The van der Waals surface area contributed by atoms with Gasteiger partial charge in [0.2, 0.25) is 5.91 Å². The van der Waals surface area contributed by atoms with Gasteiger partial charge in [0.25, 0.3) is 0 Å². The van der Waals surface area contributed by atoms with Gasteiger partial charge in [0.05, 0.1) is 18.0 Å². The predicted octanol–water partition coefficient (Wildman–Crippen LogP) is 3.77. The number of nitrogens with zero attached hydrogens (tertiary/aromatic N) is 3. The van der Waals surface area contributed by atoms with Crippen LogP contribution < -0.4 is 10.1 Å². The van der Waals surface area contributed by atoms with Gasteiger partial charge in [0, 0.05) is 5.02 Å². The van der Waals surface area contributed by atoms with E-state index in [0.717, 1.165) is 17.9 Å². The van der Waals surface area contributed by atoms with Gasteiger partial charge in [-0.25, -0.2) is 0 Å². The van der Waals surface area contributed by atoms with Crippen molar-refractivity contribution in [2.45, 2.75) is 18.5 Å². The minimum Gasteiger partial charge on any atom is -0.492 e. The molecule has 0 unspecified atom stereocenters. The molecule has 0 aliphatic heterocycles. The van der Waals surface area contributed by atoms with Crippen LogP contribution in [0.25, 0.3) is 5.69 Å². The van der Waals surface area contributed by atoms with Crippen molar-refractivity contribution in [2.24, 2.45) is 0 Å². The summed E-state index contributed by atoms with van der Waals surface area (Å²) in [7, 11) is 0. The van der Waals surface area contributed by atoms with E-state index in [1.807, 2.05) is 22.8 Å². The zero-order valence-corrected chi connectivity index (χ0v) is 17.0. The van der Waals surface area contributed by atoms with Gasteiger partial charge in [-0.1, -0.05) is 48.5 Å². The third kappa shape index (κ3) is 5.50. The summed E-state index contributed by atoms with van der Waals surface area (Å²) in [5.41, 5.74) is 2.24. The Bertz CT molecular complexity index is 915. The molecular weight excluding hydrogens is 396 g/mol. The summed E-state index contributed by atoms with van der Waals surface area (Å²) >= 11 is 7.19. The minimum atomic E-state index is -0.0805. The van der Waals surface area contributed by atoms with Crippen LogP contribution in [0.1, 0.15) is 12.5 Å². The average Bonchev–Trinajstić information content (AvgIpc) is 3.19. The summed E-state index contributed by atoms with van der Waals surface area (Å²) < 4.78 is 7.47. The quantitative estimate of drug-likeness (QED) is 0.424. The molecule has 28 heavy (non-hydrogen) atoms. The number of carbonyl (C=O) groups is 1. The molecule has 0 saturated carbocycles. The van der Waals surface area contributed by atoms with Crippen LogP contribution in [0.4, 0.5) is 0 Å². The number of halogens is 1. The van der Waals surface area contributed by atoms with Crippen LogP contribution in [-0.4, -0.2) is 39.6 Å². The van der Waals surface area contributed by atoms with E-state index < -0.39 is 0 Å². The Morgan fingerprint density at radius 3 is 2.79 bits per heavy atom. The summed E-state index contributed by atoms with van der Waals surface area (Å²) in [5, 5.41) is 12.3. The molecule has 0 saturated heterocycles. The number of aromatic nitrogens is 3. The number of aryl methyl sites for hydroxylation is 1. The second-order valence-electron chi connectivity index (χ2n) is 5.91. The molecule has 0 aliphatic carbocycles. The summed E-state index contributed by atoms with van der Waals surface area (Å²) in [6, 6.07) is 15.2. The lowest BCUT2D eigenvalue weighted by atomic mass is 10.1. The average molecular weight is 417 g/mol. The fraction of sp³-hybridized carbons (Fsp3) is 0.250. The molecule has 0 bridgehead atoms. The zero-order chi connectivity index (χ0) is 19.8. The van der Waals surface area contributed by atoms with Crippen LogP contribution in [0.15, 0.2) is 60.0 Å². The van der Waals surface area contributed by atoms with Crippen molar-refractivity contribution < 1.29 is 9.53 Å². The van der Waals surface area contributed by atoms with Crippen LogP contribution in [0, 0.1) is 0 Å². The first-order chi connectivity index (χ1) is 13.7. The first kappa shape index (κ1) is 20.2. The third-order valence-corrected chi connectivity index (χ3v) is 5.18. The number of hydrogen-bond donors (Lipinski definition) is 1. The Labute approximate surface area is 173 Å². The molecular formula is C20H21ClN4O2S. The standard InChI is InChI=1S/C20H21ClN4O2S/c1-2-15-5-3-4-6-18(15)25-14-23-24-20(25)28-13-19(26)22-11-12-27-17-9-7-16(21)8-10-17/h3-10,14H,2,11-13H2,1H3,(H,22,26). The summed E-state index contributed by atoms with van der Waals surface area (Å²) in [6.45, 7) is 2.92.